The number of rotatable bonds is 4. The Morgan fingerprint density at radius 3 is 2.35 bits per heavy atom. The Morgan fingerprint density at radius 2 is 1.65 bits per heavy atom. The Kier molecular flexibility index (Phi) is 3.81. The Bertz CT molecular complexity index is 474. The van der Waals surface area contributed by atoms with Crippen LogP contribution in [0.1, 0.15) is 5.56 Å². The van der Waals surface area contributed by atoms with Gasteiger partial charge in [-0.1, -0.05) is 36.4 Å². The molecular formula is C15H15NO. The average Bonchev–Trinajstić information content (AvgIpc) is 2.38. The first kappa shape index (κ1) is 11.3. The summed E-state index contributed by atoms with van der Waals surface area (Å²) < 4.78 is 5.54. The van der Waals surface area contributed by atoms with E-state index >= 15 is 0 Å². The number of benzene rings is 2. The van der Waals surface area contributed by atoms with Crippen LogP contribution in [0.5, 0.6) is 5.75 Å². The number of hydrogen-bond donors (Lipinski definition) is 1. The Morgan fingerprint density at radius 1 is 0.941 bits per heavy atom. The summed E-state index contributed by atoms with van der Waals surface area (Å²) in [6, 6.07) is 17.5. The molecule has 0 saturated carbocycles. The molecule has 0 heterocycles. The summed E-state index contributed by atoms with van der Waals surface area (Å²) in [4.78, 5) is 0. The number of ether oxygens (including phenoxy) is 1. The smallest absolute Gasteiger partial charge is 0.119 e. The van der Waals surface area contributed by atoms with E-state index in [0.717, 1.165) is 11.4 Å². The first-order valence-electron chi connectivity index (χ1n) is 5.54. The van der Waals surface area contributed by atoms with Crippen molar-refractivity contribution in [2.75, 3.05) is 12.3 Å². The Hall–Kier alpha value is -2.22. The molecule has 2 aromatic carbocycles. The van der Waals surface area contributed by atoms with Gasteiger partial charge in [-0.3, -0.25) is 0 Å². The van der Waals surface area contributed by atoms with Crippen LogP contribution in [0.25, 0.3) is 6.08 Å². The fraction of sp³-hybridized carbons (Fsp3) is 0.0667. The van der Waals surface area contributed by atoms with Gasteiger partial charge in [-0.05, 0) is 35.9 Å². The molecule has 2 aromatic rings. The first-order valence-corrected chi connectivity index (χ1v) is 5.54. The molecular weight excluding hydrogens is 210 g/mol. The third-order valence-electron chi connectivity index (χ3n) is 2.34. The molecule has 0 aliphatic carbocycles. The van der Waals surface area contributed by atoms with Crippen LogP contribution in [-0.2, 0) is 0 Å². The Balaban J connectivity index is 1.84. The number of nitrogen functional groups attached to an aromatic ring is 1. The van der Waals surface area contributed by atoms with Crippen molar-refractivity contribution in [1.29, 1.82) is 0 Å². The van der Waals surface area contributed by atoms with E-state index in [-0.39, 0.29) is 0 Å². The van der Waals surface area contributed by atoms with Crippen molar-refractivity contribution in [3.63, 3.8) is 0 Å². The zero-order chi connectivity index (χ0) is 11.9. The number of nitrogens with two attached hydrogens (primary N) is 1. The largest absolute Gasteiger partial charge is 0.490 e. The summed E-state index contributed by atoms with van der Waals surface area (Å²) in [7, 11) is 0. The number of hydrogen-bond acceptors (Lipinski definition) is 2. The lowest BCUT2D eigenvalue weighted by Crippen LogP contribution is -1.93. The summed E-state index contributed by atoms with van der Waals surface area (Å²) in [5.74, 6) is 0.830. The molecule has 0 saturated heterocycles. The second-order valence-electron chi connectivity index (χ2n) is 3.69. The van der Waals surface area contributed by atoms with Gasteiger partial charge in [-0.2, -0.15) is 0 Å². The highest BCUT2D eigenvalue weighted by Gasteiger charge is 1.90. The molecule has 2 rings (SSSR count). The molecule has 0 radical (unpaired) electrons. The minimum Gasteiger partial charge on any atom is -0.490 e. The minimum atomic E-state index is 0.554. The minimum absolute atomic E-state index is 0.554. The third kappa shape index (κ3) is 3.68. The van der Waals surface area contributed by atoms with Crippen LogP contribution in [0.3, 0.4) is 0 Å². The van der Waals surface area contributed by atoms with Gasteiger partial charge in [0.25, 0.3) is 0 Å². The van der Waals surface area contributed by atoms with E-state index in [4.69, 9.17) is 10.5 Å². The van der Waals surface area contributed by atoms with Gasteiger partial charge in [0.15, 0.2) is 0 Å². The maximum absolute atomic E-state index is 5.59. The van der Waals surface area contributed by atoms with Crippen LogP contribution in [0.15, 0.2) is 60.7 Å². The molecule has 2 N–H and O–H groups in total. The van der Waals surface area contributed by atoms with Gasteiger partial charge in [0.2, 0.25) is 0 Å². The van der Waals surface area contributed by atoms with Crippen LogP contribution in [-0.4, -0.2) is 6.61 Å². The quantitative estimate of drug-likeness (QED) is 0.810. The van der Waals surface area contributed by atoms with Crippen molar-refractivity contribution in [2.24, 2.45) is 0 Å². The lowest BCUT2D eigenvalue weighted by Gasteiger charge is -2.02. The monoisotopic (exact) mass is 225 g/mol. The molecule has 0 fully saturated rings. The van der Waals surface area contributed by atoms with Gasteiger partial charge < -0.3 is 10.5 Å². The fourth-order valence-corrected chi connectivity index (χ4v) is 1.46. The zero-order valence-electron chi connectivity index (χ0n) is 9.54. The summed E-state index contributed by atoms with van der Waals surface area (Å²) in [6.45, 7) is 0.554. The van der Waals surface area contributed by atoms with Crippen molar-refractivity contribution in [2.45, 2.75) is 0 Å². The highest BCUT2D eigenvalue weighted by atomic mass is 16.5. The van der Waals surface area contributed by atoms with Gasteiger partial charge in [0.1, 0.15) is 12.4 Å². The normalized spacial score (nSPS) is 10.6. The maximum Gasteiger partial charge on any atom is 0.119 e. The highest BCUT2D eigenvalue weighted by Crippen LogP contribution is 2.13. The molecule has 0 atom stereocenters. The van der Waals surface area contributed by atoms with E-state index < -0.39 is 0 Å². The van der Waals surface area contributed by atoms with E-state index in [2.05, 4.69) is 12.1 Å². The highest BCUT2D eigenvalue weighted by molar-refractivity contribution is 5.48. The predicted molar refractivity (Wildman–Crippen MR) is 71.8 cm³/mol. The summed E-state index contributed by atoms with van der Waals surface area (Å²) in [6.07, 6.45) is 4.03. The van der Waals surface area contributed by atoms with E-state index in [1.54, 1.807) is 0 Å². The maximum atomic E-state index is 5.59. The molecule has 0 amide bonds. The van der Waals surface area contributed by atoms with Crippen LogP contribution < -0.4 is 10.5 Å². The van der Waals surface area contributed by atoms with Gasteiger partial charge in [0.05, 0.1) is 0 Å². The van der Waals surface area contributed by atoms with Crippen molar-refractivity contribution >= 4 is 11.8 Å². The van der Waals surface area contributed by atoms with E-state index in [1.165, 1.54) is 5.56 Å². The average molecular weight is 225 g/mol. The molecule has 2 nitrogen and oxygen atoms in total. The molecule has 0 unspecified atom stereocenters. The van der Waals surface area contributed by atoms with Crippen molar-refractivity contribution in [3.05, 3.63) is 66.2 Å². The van der Waals surface area contributed by atoms with Gasteiger partial charge in [0, 0.05) is 5.69 Å². The van der Waals surface area contributed by atoms with Crippen molar-refractivity contribution < 1.29 is 4.74 Å². The first-order chi connectivity index (χ1) is 8.34. The Labute approximate surface area is 101 Å². The topological polar surface area (TPSA) is 35.2 Å². The molecule has 2 heteroatoms. The van der Waals surface area contributed by atoms with Crippen LogP contribution in [0.2, 0.25) is 0 Å². The second kappa shape index (κ2) is 5.75. The molecule has 0 aromatic heterocycles. The zero-order valence-corrected chi connectivity index (χ0v) is 9.54. The third-order valence-corrected chi connectivity index (χ3v) is 2.34. The summed E-state index contributed by atoms with van der Waals surface area (Å²) in [5.41, 5.74) is 7.51. The molecule has 0 spiro atoms. The fourth-order valence-electron chi connectivity index (χ4n) is 1.46. The second-order valence-corrected chi connectivity index (χ2v) is 3.69. The van der Waals surface area contributed by atoms with Gasteiger partial charge in [-0.25, -0.2) is 0 Å². The standard InChI is InChI=1S/C15H15NO/c16-14-8-10-15(11-9-14)17-12-4-7-13-5-2-1-3-6-13/h1-11H,12,16H2. The lowest BCUT2D eigenvalue weighted by molar-refractivity contribution is 0.363. The summed E-state index contributed by atoms with van der Waals surface area (Å²) >= 11 is 0. The number of anilines is 1. The SMILES string of the molecule is Nc1ccc(OCC=Cc2ccccc2)cc1. The van der Waals surface area contributed by atoms with E-state index in [1.807, 2.05) is 54.6 Å². The van der Waals surface area contributed by atoms with Gasteiger partial charge in [-0.15, -0.1) is 0 Å². The van der Waals surface area contributed by atoms with Crippen molar-refractivity contribution in [3.8, 4) is 5.75 Å². The molecule has 17 heavy (non-hydrogen) atoms. The molecule has 0 aliphatic heterocycles. The molecule has 86 valence electrons. The van der Waals surface area contributed by atoms with Crippen LogP contribution in [0.4, 0.5) is 5.69 Å². The molecule has 0 bridgehead atoms. The summed E-state index contributed by atoms with van der Waals surface area (Å²) in [5, 5.41) is 0. The van der Waals surface area contributed by atoms with E-state index in [9.17, 15) is 0 Å². The lowest BCUT2D eigenvalue weighted by atomic mass is 10.2. The van der Waals surface area contributed by atoms with Crippen LogP contribution >= 0.6 is 0 Å². The molecule has 0 aliphatic rings. The van der Waals surface area contributed by atoms with Crippen molar-refractivity contribution in [1.82, 2.24) is 0 Å². The van der Waals surface area contributed by atoms with Crippen LogP contribution in [0, 0.1) is 0 Å². The van der Waals surface area contributed by atoms with E-state index in [0.29, 0.717) is 6.61 Å². The van der Waals surface area contributed by atoms with Gasteiger partial charge >= 0.3 is 0 Å². The predicted octanol–water partition coefficient (Wildman–Crippen LogP) is 3.36.